The first-order chi connectivity index (χ1) is 8.46. The van der Waals surface area contributed by atoms with Crippen LogP contribution in [0.3, 0.4) is 0 Å². The Kier molecular flexibility index (Phi) is 4.50. The predicted molar refractivity (Wildman–Crippen MR) is 78.8 cm³/mol. The minimum Gasteiger partial charge on any atom is -0.308 e. The molecule has 1 aliphatic carbocycles. The minimum absolute atomic E-state index is 0.196. The Balaban J connectivity index is 1.77. The first kappa shape index (κ1) is 14.1. The highest BCUT2D eigenvalue weighted by Gasteiger charge is 2.35. The zero-order valence-corrected chi connectivity index (χ0v) is 12.5. The molecule has 0 spiro atoms. The standard InChI is InChI=1S/C16H30N2/c1-13(11-17-16(2,3)4)12-18-10-9-14-7-5-6-8-15(14)18/h14-15,17H,1,5-12H2,2-4H3. The molecule has 2 unspecified atom stereocenters. The molecular formula is C16H30N2. The van der Waals surface area contributed by atoms with Crippen LogP contribution in [-0.4, -0.2) is 36.1 Å². The van der Waals surface area contributed by atoms with E-state index in [0.29, 0.717) is 0 Å². The highest BCUT2D eigenvalue weighted by atomic mass is 15.2. The van der Waals surface area contributed by atoms with E-state index < -0.39 is 0 Å². The van der Waals surface area contributed by atoms with Crippen molar-refractivity contribution in [3.05, 3.63) is 12.2 Å². The van der Waals surface area contributed by atoms with Gasteiger partial charge in [0.1, 0.15) is 0 Å². The van der Waals surface area contributed by atoms with Gasteiger partial charge in [-0.1, -0.05) is 19.4 Å². The fourth-order valence-corrected chi connectivity index (χ4v) is 3.43. The summed E-state index contributed by atoms with van der Waals surface area (Å²) < 4.78 is 0. The third kappa shape index (κ3) is 3.83. The summed E-state index contributed by atoms with van der Waals surface area (Å²) in [6.07, 6.45) is 7.20. The SMILES string of the molecule is C=C(CNC(C)(C)C)CN1CCC2CCCCC21. The zero-order valence-electron chi connectivity index (χ0n) is 12.5. The monoisotopic (exact) mass is 250 g/mol. The van der Waals surface area contributed by atoms with Gasteiger partial charge in [-0.3, -0.25) is 4.90 Å². The molecule has 104 valence electrons. The molecule has 2 fully saturated rings. The van der Waals surface area contributed by atoms with Crippen LogP contribution in [0.1, 0.15) is 52.9 Å². The van der Waals surface area contributed by atoms with E-state index >= 15 is 0 Å². The maximum absolute atomic E-state index is 4.25. The molecule has 2 atom stereocenters. The second-order valence-corrected chi connectivity index (χ2v) is 7.22. The molecule has 18 heavy (non-hydrogen) atoms. The average molecular weight is 250 g/mol. The van der Waals surface area contributed by atoms with Gasteiger partial charge in [-0.25, -0.2) is 0 Å². The van der Waals surface area contributed by atoms with Crippen LogP contribution in [0.2, 0.25) is 0 Å². The molecule has 0 bridgehead atoms. The van der Waals surface area contributed by atoms with Gasteiger partial charge in [-0.15, -0.1) is 0 Å². The van der Waals surface area contributed by atoms with E-state index in [4.69, 9.17) is 0 Å². The van der Waals surface area contributed by atoms with E-state index in [9.17, 15) is 0 Å². The van der Waals surface area contributed by atoms with Gasteiger partial charge in [-0.2, -0.15) is 0 Å². The number of hydrogen-bond donors (Lipinski definition) is 1. The summed E-state index contributed by atoms with van der Waals surface area (Å²) >= 11 is 0. The van der Waals surface area contributed by atoms with Crippen molar-refractivity contribution in [1.29, 1.82) is 0 Å². The fourth-order valence-electron chi connectivity index (χ4n) is 3.43. The average Bonchev–Trinajstić information content (AvgIpc) is 2.70. The van der Waals surface area contributed by atoms with Crippen molar-refractivity contribution in [2.24, 2.45) is 5.92 Å². The quantitative estimate of drug-likeness (QED) is 0.771. The van der Waals surface area contributed by atoms with Gasteiger partial charge in [0.05, 0.1) is 0 Å². The van der Waals surface area contributed by atoms with E-state index in [1.807, 2.05) is 0 Å². The Morgan fingerprint density at radius 3 is 2.67 bits per heavy atom. The van der Waals surface area contributed by atoms with Crippen molar-refractivity contribution in [1.82, 2.24) is 10.2 Å². The van der Waals surface area contributed by atoms with Crippen LogP contribution >= 0.6 is 0 Å². The summed E-state index contributed by atoms with van der Waals surface area (Å²) in [4.78, 5) is 2.69. The van der Waals surface area contributed by atoms with Crippen LogP contribution in [0, 0.1) is 5.92 Å². The molecular weight excluding hydrogens is 220 g/mol. The maximum Gasteiger partial charge on any atom is 0.0205 e. The number of rotatable bonds is 4. The zero-order chi connectivity index (χ0) is 13.2. The number of likely N-dealkylation sites (tertiary alicyclic amines) is 1. The summed E-state index contributed by atoms with van der Waals surface area (Å²) in [5, 5.41) is 3.54. The summed E-state index contributed by atoms with van der Waals surface area (Å²) in [5.74, 6) is 0.988. The first-order valence-electron chi connectivity index (χ1n) is 7.61. The van der Waals surface area contributed by atoms with Gasteiger partial charge in [0.2, 0.25) is 0 Å². The second-order valence-electron chi connectivity index (χ2n) is 7.22. The van der Waals surface area contributed by atoms with Crippen LogP contribution in [-0.2, 0) is 0 Å². The summed E-state index contributed by atoms with van der Waals surface area (Å²) in [7, 11) is 0. The second kappa shape index (κ2) is 5.75. The molecule has 2 nitrogen and oxygen atoms in total. The molecule has 0 amide bonds. The van der Waals surface area contributed by atoms with Gasteiger partial charge in [0, 0.05) is 24.7 Å². The van der Waals surface area contributed by atoms with Gasteiger partial charge in [0.15, 0.2) is 0 Å². The molecule has 0 radical (unpaired) electrons. The van der Waals surface area contributed by atoms with E-state index in [1.54, 1.807) is 0 Å². The fraction of sp³-hybridized carbons (Fsp3) is 0.875. The molecule has 2 rings (SSSR count). The van der Waals surface area contributed by atoms with Gasteiger partial charge < -0.3 is 5.32 Å². The Hall–Kier alpha value is -0.340. The van der Waals surface area contributed by atoms with Gasteiger partial charge in [0.25, 0.3) is 0 Å². The van der Waals surface area contributed by atoms with Crippen LogP contribution in [0.4, 0.5) is 0 Å². The molecule has 1 heterocycles. The number of nitrogens with zero attached hydrogens (tertiary/aromatic N) is 1. The van der Waals surface area contributed by atoms with E-state index in [1.165, 1.54) is 44.2 Å². The van der Waals surface area contributed by atoms with Crippen LogP contribution < -0.4 is 5.32 Å². The Morgan fingerprint density at radius 2 is 1.94 bits per heavy atom. The van der Waals surface area contributed by atoms with Gasteiger partial charge >= 0.3 is 0 Å². The molecule has 1 N–H and O–H groups in total. The largest absolute Gasteiger partial charge is 0.308 e. The lowest BCUT2D eigenvalue weighted by atomic mass is 9.85. The lowest BCUT2D eigenvalue weighted by Crippen LogP contribution is -2.40. The third-order valence-electron chi connectivity index (χ3n) is 4.42. The molecule has 1 saturated heterocycles. The molecule has 1 saturated carbocycles. The van der Waals surface area contributed by atoms with E-state index in [2.05, 4.69) is 37.6 Å². The highest BCUT2D eigenvalue weighted by Crippen LogP contribution is 2.36. The Morgan fingerprint density at radius 1 is 1.22 bits per heavy atom. The summed E-state index contributed by atoms with van der Waals surface area (Å²) in [5.41, 5.74) is 1.54. The van der Waals surface area contributed by atoms with Crippen LogP contribution in [0.5, 0.6) is 0 Å². The molecule has 0 aromatic heterocycles. The number of fused-ring (bicyclic) bond motifs is 1. The van der Waals surface area contributed by atoms with Crippen LogP contribution in [0.25, 0.3) is 0 Å². The van der Waals surface area contributed by atoms with E-state index in [-0.39, 0.29) is 5.54 Å². The first-order valence-corrected chi connectivity index (χ1v) is 7.61. The van der Waals surface area contributed by atoms with Crippen LogP contribution in [0.15, 0.2) is 12.2 Å². The smallest absolute Gasteiger partial charge is 0.0205 e. The summed E-state index contributed by atoms with van der Waals surface area (Å²) in [6, 6.07) is 0.866. The number of hydrogen-bond acceptors (Lipinski definition) is 2. The predicted octanol–water partition coefficient (Wildman–Crippen LogP) is 3.20. The lowest BCUT2D eigenvalue weighted by Gasteiger charge is -2.32. The van der Waals surface area contributed by atoms with Crippen molar-refractivity contribution in [3.63, 3.8) is 0 Å². The van der Waals surface area contributed by atoms with Crippen molar-refractivity contribution in [2.75, 3.05) is 19.6 Å². The molecule has 2 aliphatic rings. The Labute approximate surface area is 113 Å². The van der Waals surface area contributed by atoms with Crippen molar-refractivity contribution >= 4 is 0 Å². The van der Waals surface area contributed by atoms with Crippen molar-refractivity contribution in [2.45, 2.75) is 64.5 Å². The highest BCUT2D eigenvalue weighted by molar-refractivity contribution is 5.04. The molecule has 0 aromatic carbocycles. The summed E-state index contributed by atoms with van der Waals surface area (Å²) in [6.45, 7) is 14.3. The van der Waals surface area contributed by atoms with Gasteiger partial charge in [-0.05, 0) is 58.1 Å². The van der Waals surface area contributed by atoms with E-state index in [0.717, 1.165) is 25.0 Å². The topological polar surface area (TPSA) is 15.3 Å². The lowest BCUT2D eigenvalue weighted by molar-refractivity contribution is 0.193. The molecule has 1 aliphatic heterocycles. The number of nitrogens with one attached hydrogen (secondary N) is 1. The third-order valence-corrected chi connectivity index (χ3v) is 4.42. The van der Waals surface area contributed by atoms with Crippen molar-refractivity contribution < 1.29 is 0 Å². The molecule has 0 aromatic rings. The minimum atomic E-state index is 0.196. The normalized spacial score (nSPS) is 29.3. The molecule has 2 heteroatoms. The maximum atomic E-state index is 4.25. The van der Waals surface area contributed by atoms with Crippen molar-refractivity contribution in [3.8, 4) is 0 Å². The Bertz CT molecular complexity index is 290.